The zero-order chi connectivity index (χ0) is 6.97. The van der Waals surface area contributed by atoms with Crippen molar-refractivity contribution >= 4 is 39.0 Å². The molecule has 0 bridgehead atoms. The Hall–Kier alpha value is -0.670. The summed E-state index contributed by atoms with van der Waals surface area (Å²) in [6, 6.07) is 2.03. The molecule has 0 radical (unpaired) electrons. The molecule has 0 amide bonds. The van der Waals surface area contributed by atoms with Crippen LogP contribution in [0, 0.1) is 0 Å². The van der Waals surface area contributed by atoms with Crippen LogP contribution in [0.2, 0.25) is 0 Å². The molecule has 2 aromatic rings. The maximum Gasteiger partial charge on any atom is 0.161 e. The van der Waals surface area contributed by atoms with Crippen LogP contribution < -0.4 is 0 Å². The van der Waals surface area contributed by atoms with Gasteiger partial charge < -0.3 is 0 Å². The fraction of sp³-hybridized carbons (Fsp3) is 0. The van der Waals surface area contributed by atoms with E-state index in [2.05, 4.69) is 0 Å². The Kier molecular flexibility index (Phi) is 1.32. The van der Waals surface area contributed by atoms with Gasteiger partial charge in [-0.1, -0.05) is 0 Å². The highest BCUT2D eigenvalue weighted by molar-refractivity contribution is 7.23. The Balaban J connectivity index is 2.88. The Labute approximate surface area is 65.9 Å². The zero-order valence-corrected chi connectivity index (χ0v) is 6.67. The van der Waals surface area contributed by atoms with E-state index in [1.165, 1.54) is 16.7 Å². The number of rotatable bonds is 1. The summed E-state index contributed by atoms with van der Waals surface area (Å²) < 4.78 is 1.13. The third-order valence-electron chi connectivity index (χ3n) is 1.34. The monoisotopic (exact) mass is 168 g/mol. The molecule has 50 valence electrons. The van der Waals surface area contributed by atoms with E-state index in [4.69, 9.17) is 0 Å². The zero-order valence-electron chi connectivity index (χ0n) is 5.03. The van der Waals surface area contributed by atoms with Crippen molar-refractivity contribution < 1.29 is 4.79 Å². The maximum absolute atomic E-state index is 10.4. The topological polar surface area (TPSA) is 17.1 Å². The first-order chi connectivity index (χ1) is 4.92. The Morgan fingerprint density at radius 1 is 1.40 bits per heavy atom. The van der Waals surface area contributed by atoms with Crippen LogP contribution in [0.25, 0.3) is 10.1 Å². The molecule has 2 rings (SSSR count). The van der Waals surface area contributed by atoms with Gasteiger partial charge in [-0.25, -0.2) is 0 Å². The summed E-state index contributed by atoms with van der Waals surface area (Å²) in [5.74, 6) is 0. The number of carbonyl (C=O) groups is 1. The molecule has 0 aromatic carbocycles. The minimum atomic E-state index is 0.852. The highest BCUT2D eigenvalue weighted by atomic mass is 32.1. The second-order valence-corrected chi connectivity index (χ2v) is 3.75. The molecule has 0 saturated carbocycles. The molecule has 2 aromatic heterocycles. The molecule has 1 nitrogen and oxygen atoms in total. The molecule has 0 saturated heterocycles. The molecular weight excluding hydrogens is 164 g/mol. The van der Waals surface area contributed by atoms with Crippen LogP contribution in [0.1, 0.15) is 9.67 Å². The molecule has 0 aliphatic rings. The number of hydrogen-bond acceptors (Lipinski definition) is 3. The summed E-state index contributed by atoms with van der Waals surface area (Å²) in [6.07, 6.45) is 0.920. The third kappa shape index (κ3) is 0.711. The SMILES string of the molecule is O=Cc1scc2ccsc12. The number of fused-ring (bicyclic) bond motifs is 1. The second-order valence-electron chi connectivity index (χ2n) is 1.92. The Morgan fingerprint density at radius 3 is 3.10 bits per heavy atom. The number of aldehydes is 1. The number of thiophene rings is 2. The van der Waals surface area contributed by atoms with Gasteiger partial charge in [0.1, 0.15) is 0 Å². The van der Waals surface area contributed by atoms with E-state index in [-0.39, 0.29) is 0 Å². The quantitative estimate of drug-likeness (QED) is 0.598. The molecular formula is C7H4OS2. The van der Waals surface area contributed by atoms with E-state index in [1.807, 2.05) is 16.8 Å². The first-order valence-corrected chi connectivity index (χ1v) is 4.57. The van der Waals surface area contributed by atoms with Crippen molar-refractivity contribution in [1.29, 1.82) is 0 Å². The normalized spacial score (nSPS) is 10.4. The fourth-order valence-corrected chi connectivity index (χ4v) is 2.75. The Bertz CT molecular complexity index is 358. The molecule has 0 unspecified atom stereocenters. The molecule has 0 fully saturated rings. The van der Waals surface area contributed by atoms with Gasteiger partial charge in [0, 0.05) is 10.8 Å². The van der Waals surface area contributed by atoms with Gasteiger partial charge in [-0.2, -0.15) is 0 Å². The fourth-order valence-electron chi connectivity index (χ4n) is 0.874. The van der Waals surface area contributed by atoms with Crippen LogP contribution in [-0.4, -0.2) is 6.29 Å². The van der Waals surface area contributed by atoms with Crippen molar-refractivity contribution in [2.24, 2.45) is 0 Å². The van der Waals surface area contributed by atoms with Crippen LogP contribution >= 0.6 is 22.7 Å². The van der Waals surface area contributed by atoms with Gasteiger partial charge in [0.25, 0.3) is 0 Å². The summed E-state index contributed by atoms with van der Waals surface area (Å²) in [7, 11) is 0. The maximum atomic E-state index is 10.4. The first-order valence-electron chi connectivity index (χ1n) is 2.81. The first kappa shape index (κ1) is 6.07. The predicted octanol–water partition coefficient (Wildman–Crippen LogP) is 2.78. The molecule has 10 heavy (non-hydrogen) atoms. The highest BCUT2D eigenvalue weighted by Crippen LogP contribution is 2.28. The van der Waals surface area contributed by atoms with E-state index < -0.39 is 0 Å². The van der Waals surface area contributed by atoms with Gasteiger partial charge in [0.15, 0.2) is 6.29 Å². The largest absolute Gasteiger partial charge is 0.297 e. The lowest BCUT2D eigenvalue weighted by Gasteiger charge is -1.75. The van der Waals surface area contributed by atoms with Crippen LogP contribution in [0.3, 0.4) is 0 Å². The van der Waals surface area contributed by atoms with Gasteiger partial charge in [0.05, 0.1) is 9.58 Å². The summed E-state index contributed by atoms with van der Waals surface area (Å²) in [5, 5.41) is 5.21. The predicted molar refractivity (Wildman–Crippen MR) is 45.1 cm³/mol. The van der Waals surface area contributed by atoms with Crippen molar-refractivity contribution in [2.75, 3.05) is 0 Å². The van der Waals surface area contributed by atoms with Crippen molar-refractivity contribution in [2.45, 2.75) is 0 Å². The summed E-state index contributed by atoms with van der Waals surface area (Å²) in [6.45, 7) is 0. The average molecular weight is 168 g/mol. The van der Waals surface area contributed by atoms with Crippen molar-refractivity contribution in [1.82, 2.24) is 0 Å². The smallest absolute Gasteiger partial charge is 0.161 e. The van der Waals surface area contributed by atoms with Gasteiger partial charge in [-0.3, -0.25) is 4.79 Å². The van der Waals surface area contributed by atoms with Gasteiger partial charge >= 0.3 is 0 Å². The van der Waals surface area contributed by atoms with Crippen molar-refractivity contribution in [3.8, 4) is 0 Å². The van der Waals surface area contributed by atoms with Gasteiger partial charge in [-0.15, -0.1) is 22.7 Å². The summed E-state index contributed by atoms with van der Waals surface area (Å²) in [5.41, 5.74) is 0. The van der Waals surface area contributed by atoms with Crippen LogP contribution in [0.4, 0.5) is 0 Å². The van der Waals surface area contributed by atoms with Crippen LogP contribution in [0.5, 0.6) is 0 Å². The molecule has 0 N–H and O–H groups in total. The minimum absolute atomic E-state index is 0.852. The van der Waals surface area contributed by atoms with E-state index in [9.17, 15) is 4.79 Å². The standard InChI is InChI=1S/C7H4OS2/c8-3-6-7-5(4-10-6)1-2-9-7/h1-4H. The number of carbonyl (C=O) groups excluding carboxylic acids is 1. The van der Waals surface area contributed by atoms with E-state index in [0.717, 1.165) is 15.9 Å². The lowest BCUT2D eigenvalue weighted by atomic mass is 10.4. The van der Waals surface area contributed by atoms with Crippen molar-refractivity contribution in [3.05, 3.63) is 21.7 Å². The van der Waals surface area contributed by atoms with Gasteiger partial charge in [0.2, 0.25) is 0 Å². The minimum Gasteiger partial charge on any atom is -0.297 e. The molecule has 2 heterocycles. The molecule has 0 atom stereocenters. The summed E-state index contributed by atoms with van der Waals surface area (Å²) >= 11 is 3.14. The molecule has 0 aliphatic heterocycles. The van der Waals surface area contributed by atoms with Gasteiger partial charge in [-0.05, 0) is 11.4 Å². The van der Waals surface area contributed by atoms with E-state index in [0.29, 0.717) is 0 Å². The second kappa shape index (κ2) is 2.18. The summed E-state index contributed by atoms with van der Waals surface area (Å²) in [4.78, 5) is 11.2. The van der Waals surface area contributed by atoms with E-state index in [1.54, 1.807) is 11.3 Å². The van der Waals surface area contributed by atoms with Crippen LogP contribution in [-0.2, 0) is 0 Å². The highest BCUT2D eigenvalue weighted by Gasteiger charge is 2.02. The van der Waals surface area contributed by atoms with E-state index >= 15 is 0 Å². The number of hydrogen-bond donors (Lipinski definition) is 0. The third-order valence-corrected chi connectivity index (χ3v) is 3.36. The lowest BCUT2D eigenvalue weighted by Crippen LogP contribution is -1.64. The molecule has 0 spiro atoms. The molecule has 3 heteroatoms. The average Bonchev–Trinajstić information content (AvgIpc) is 2.44. The van der Waals surface area contributed by atoms with Crippen LogP contribution in [0.15, 0.2) is 16.8 Å². The Morgan fingerprint density at radius 2 is 2.30 bits per heavy atom. The van der Waals surface area contributed by atoms with Crippen molar-refractivity contribution in [3.63, 3.8) is 0 Å². The lowest BCUT2D eigenvalue weighted by molar-refractivity contribution is 0.112. The molecule has 0 aliphatic carbocycles.